The van der Waals surface area contributed by atoms with Gasteiger partial charge in [-0.15, -0.1) is 0 Å². The number of amides is 1. The zero-order valence-corrected chi connectivity index (χ0v) is 10.3. The molecule has 0 unspecified atom stereocenters. The molecule has 0 radical (unpaired) electrons. The van der Waals surface area contributed by atoms with Crippen molar-refractivity contribution in [2.24, 2.45) is 0 Å². The van der Waals surface area contributed by atoms with Gasteiger partial charge in [0.2, 0.25) is 5.91 Å². The van der Waals surface area contributed by atoms with Crippen LogP contribution in [0.1, 0.15) is 6.42 Å². The number of carbonyl (C=O) groups excluding carboxylic acids is 1. The first-order valence-electron chi connectivity index (χ1n) is 5.32. The van der Waals surface area contributed by atoms with E-state index >= 15 is 0 Å². The summed E-state index contributed by atoms with van der Waals surface area (Å²) < 4.78 is 1.59. The van der Waals surface area contributed by atoms with Crippen molar-refractivity contribution in [3.8, 4) is 0 Å². The quantitative estimate of drug-likeness (QED) is 0.821. The largest absolute Gasteiger partial charge is 0.399 e. The van der Waals surface area contributed by atoms with E-state index < -0.39 is 0 Å². The van der Waals surface area contributed by atoms with E-state index in [0.717, 1.165) is 0 Å². The van der Waals surface area contributed by atoms with Crippen molar-refractivity contribution in [1.29, 1.82) is 0 Å². The van der Waals surface area contributed by atoms with Gasteiger partial charge in [0, 0.05) is 12.1 Å². The summed E-state index contributed by atoms with van der Waals surface area (Å²) in [6.07, 6.45) is 3.28. The minimum Gasteiger partial charge on any atom is -0.399 e. The van der Waals surface area contributed by atoms with E-state index in [1.807, 2.05) is 0 Å². The molecule has 0 aliphatic carbocycles. The number of benzene rings is 1. The van der Waals surface area contributed by atoms with E-state index in [1.165, 1.54) is 6.33 Å². The van der Waals surface area contributed by atoms with E-state index in [4.69, 9.17) is 17.3 Å². The molecule has 2 aromatic rings. The molecule has 0 bridgehead atoms. The van der Waals surface area contributed by atoms with Crippen molar-refractivity contribution in [3.63, 3.8) is 0 Å². The zero-order valence-electron chi connectivity index (χ0n) is 9.51. The van der Waals surface area contributed by atoms with Gasteiger partial charge >= 0.3 is 0 Å². The van der Waals surface area contributed by atoms with Gasteiger partial charge in [0.25, 0.3) is 0 Å². The van der Waals surface area contributed by atoms with Crippen LogP contribution in [0.4, 0.5) is 11.4 Å². The summed E-state index contributed by atoms with van der Waals surface area (Å²) in [6, 6.07) is 4.94. The highest BCUT2D eigenvalue weighted by molar-refractivity contribution is 6.34. The van der Waals surface area contributed by atoms with Crippen LogP contribution in [-0.2, 0) is 11.3 Å². The van der Waals surface area contributed by atoms with Gasteiger partial charge < -0.3 is 11.1 Å². The van der Waals surface area contributed by atoms with Crippen LogP contribution in [0.5, 0.6) is 0 Å². The predicted octanol–water partition coefficient (Wildman–Crippen LogP) is 1.54. The van der Waals surface area contributed by atoms with E-state index in [-0.39, 0.29) is 5.91 Å². The zero-order chi connectivity index (χ0) is 13.0. The van der Waals surface area contributed by atoms with Crippen LogP contribution in [0.25, 0.3) is 0 Å². The molecule has 0 spiro atoms. The van der Waals surface area contributed by atoms with Crippen LogP contribution in [0.2, 0.25) is 5.02 Å². The molecule has 0 fully saturated rings. The molecular formula is C11H12ClN5O. The second kappa shape index (κ2) is 5.50. The Balaban J connectivity index is 1.91. The Labute approximate surface area is 109 Å². The number of nitrogen functional groups attached to an aromatic ring is 1. The first-order chi connectivity index (χ1) is 8.65. The first kappa shape index (κ1) is 12.4. The van der Waals surface area contributed by atoms with Crippen molar-refractivity contribution in [2.75, 3.05) is 11.1 Å². The van der Waals surface area contributed by atoms with Gasteiger partial charge in [0.05, 0.1) is 17.3 Å². The van der Waals surface area contributed by atoms with E-state index in [9.17, 15) is 4.79 Å². The Morgan fingerprint density at radius 3 is 3.00 bits per heavy atom. The summed E-state index contributed by atoms with van der Waals surface area (Å²) in [5, 5.41) is 7.04. The lowest BCUT2D eigenvalue weighted by molar-refractivity contribution is -0.116. The Hall–Kier alpha value is -2.08. The lowest BCUT2D eigenvalue weighted by atomic mass is 10.2. The smallest absolute Gasteiger partial charge is 0.226 e. The summed E-state index contributed by atoms with van der Waals surface area (Å²) in [6.45, 7) is 0.471. The Kier molecular flexibility index (Phi) is 3.78. The van der Waals surface area contributed by atoms with Crippen molar-refractivity contribution in [2.45, 2.75) is 13.0 Å². The number of nitrogens with zero attached hydrogens (tertiary/aromatic N) is 3. The highest BCUT2D eigenvalue weighted by Gasteiger charge is 2.06. The van der Waals surface area contributed by atoms with Crippen molar-refractivity contribution < 1.29 is 4.79 Å². The molecule has 1 amide bonds. The average molecular weight is 266 g/mol. The number of aromatic nitrogens is 3. The van der Waals surface area contributed by atoms with Crippen molar-refractivity contribution in [3.05, 3.63) is 35.9 Å². The van der Waals surface area contributed by atoms with E-state index in [0.29, 0.717) is 29.4 Å². The van der Waals surface area contributed by atoms with E-state index in [2.05, 4.69) is 15.4 Å². The standard InChI is InChI=1S/C11H12ClN5O/c12-9-5-8(13)1-2-10(9)16-11(18)3-4-17-7-14-6-15-17/h1-2,5-7H,3-4,13H2,(H,16,18). The first-order valence-corrected chi connectivity index (χ1v) is 5.70. The van der Waals surface area contributed by atoms with Gasteiger partial charge in [-0.05, 0) is 18.2 Å². The van der Waals surface area contributed by atoms with Gasteiger partial charge in [-0.1, -0.05) is 11.6 Å². The van der Waals surface area contributed by atoms with Gasteiger partial charge in [0.15, 0.2) is 0 Å². The number of nitrogens with two attached hydrogens (primary N) is 1. The lowest BCUT2D eigenvalue weighted by Gasteiger charge is -2.07. The second-order valence-corrected chi connectivity index (χ2v) is 4.10. The van der Waals surface area contributed by atoms with Crippen LogP contribution in [0.3, 0.4) is 0 Å². The third-order valence-electron chi connectivity index (χ3n) is 2.30. The van der Waals surface area contributed by atoms with Crippen molar-refractivity contribution in [1.82, 2.24) is 14.8 Å². The fraction of sp³-hybridized carbons (Fsp3) is 0.182. The number of rotatable bonds is 4. The van der Waals surface area contributed by atoms with Crippen LogP contribution >= 0.6 is 11.6 Å². The number of hydrogen-bond donors (Lipinski definition) is 2. The molecule has 0 aliphatic rings. The lowest BCUT2D eigenvalue weighted by Crippen LogP contribution is -2.15. The molecule has 0 saturated heterocycles. The Morgan fingerprint density at radius 2 is 2.33 bits per heavy atom. The molecule has 0 saturated carbocycles. The van der Waals surface area contributed by atoms with E-state index in [1.54, 1.807) is 29.2 Å². The number of aryl methyl sites for hydroxylation is 1. The Bertz CT molecular complexity index is 540. The Morgan fingerprint density at radius 1 is 1.50 bits per heavy atom. The topological polar surface area (TPSA) is 85.8 Å². The number of hydrogen-bond acceptors (Lipinski definition) is 4. The molecule has 6 nitrogen and oxygen atoms in total. The maximum Gasteiger partial charge on any atom is 0.226 e. The minimum absolute atomic E-state index is 0.142. The molecular weight excluding hydrogens is 254 g/mol. The third-order valence-corrected chi connectivity index (χ3v) is 2.61. The fourth-order valence-electron chi connectivity index (χ4n) is 1.41. The number of nitrogens with one attached hydrogen (secondary N) is 1. The minimum atomic E-state index is -0.142. The SMILES string of the molecule is Nc1ccc(NC(=O)CCn2cncn2)c(Cl)c1. The molecule has 1 aromatic carbocycles. The summed E-state index contributed by atoms with van der Waals surface area (Å²) in [5.74, 6) is -0.142. The van der Waals surface area contributed by atoms with Crippen LogP contribution in [0.15, 0.2) is 30.9 Å². The molecule has 0 atom stereocenters. The second-order valence-electron chi connectivity index (χ2n) is 3.70. The number of carbonyl (C=O) groups is 1. The van der Waals surface area contributed by atoms with Crippen LogP contribution in [-0.4, -0.2) is 20.7 Å². The molecule has 7 heteroatoms. The normalized spacial score (nSPS) is 10.3. The van der Waals surface area contributed by atoms with Crippen LogP contribution < -0.4 is 11.1 Å². The predicted molar refractivity (Wildman–Crippen MR) is 69.1 cm³/mol. The highest BCUT2D eigenvalue weighted by atomic mass is 35.5. The van der Waals surface area contributed by atoms with Gasteiger partial charge in [0.1, 0.15) is 12.7 Å². The molecule has 1 heterocycles. The van der Waals surface area contributed by atoms with Gasteiger partial charge in [-0.25, -0.2) is 4.98 Å². The van der Waals surface area contributed by atoms with Crippen LogP contribution in [0, 0.1) is 0 Å². The molecule has 1 aromatic heterocycles. The summed E-state index contributed by atoms with van der Waals surface area (Å²) in [5.41, 5.74) is 6.67. The maximum atomic E-state index is 11.7. The van der Waals surface area contributed by atoms with Gasteiger partial charge in [-0.3, -0.25) is 9.48 Å². The molecule has 94 valence electrons. The third kappa shape index (κ3) is 3.21. The average Bonchev–Trinajstić information content (AvgIpc) is 2.83. The summed E-state index contributed by atoms with van der Waals surface area (Å²) in [4.78, 5) is 15.5. The summed E-state index contributed by atoms with van der Waals surface area (Å²) >= 11 is 5.95. The maximum absolute atomic E-state index is 11.7. The molecule has 3 N–H and O–H groups in total. The molecule has 2 rings (SSSR count). The highest BCUT2D eigenvalue weighted by Crippen LogP contribution is 2.24. The number of anilines is 2. The van der Waals surface area contributed by atoms with Gasteiger partial charge in [-0.2, -0.15) is 5.10 Å². The monoisotopic (exact) mass is 265 g/mol. The fourth-order valence-corrected chi connectivity index (χ4v) is 1.65. The summed E-state index contributed by atoms with van der Waals surface area (Å²) in [7, 11) is 0. The molecule has 18 heavy (non-hydrogen) atoms. The number of halogens is 1. The molecule has 0 aliphatic heterocycles. The van der Waals surface area contributed by atoms with Crippen molar-refractivity contribution >= 4 is 28.9 Å².